The standard InChI is InChI=1S/C24H25F3N2O2/c1-16-4-2-3-5-21(16)17-6-7-18(15-30)22(12-17)29-11-10-20(14-29)31-23-9-8-19(13-28-23)24(25,26)27/h2-9,12-13,20,23,28,30H,10-11,14-15H2,1H3/t20-,23?/m0/s1. The number of ether oxygens (including phenoxy) is 1. The molecule has 2 atom stereocenters. The van der Waals surface area contributed by atoms with Crippen molar-refractivity contribution in [1.29, 1.82) is 0 Å². The molecule has 1 saturated heterocycles. The zero-order valence-corrected chi connectivity index (χ0v) is 17.2. The van der Waals surface area contributed by atoms with E-state index in [-0.39, 0.29) is 12.7 Å². The first-order valence-electron chi connectivity index (χ1n) is 10.3. The van der Waals surface area contributed by atoms with E-state index >= 15 is 0 Å². The van der Waals surface area contributed by atoms with Crippen LogP contribution in [0.25, 0.3) is 11.1 Å². The molecule has 2 aromatic carbocycles. The molecule has 164 valence electrons. The van der Waals surface area contributed by atoms with Crippen LogP contribution in [-0.4, -0.2) is 36.7 Å². The van der Waals surface area contributed by atoms with Gasteiger partial charge >= 0.3 is 6.18 Å². The van der Waals surface area contributed by atoms with E-state index in [1.165, 1.54) is 11.6 Å². The van der Waals surface area contributed by atoms with Gasteiger partial charge in [0.05, 0.1) is 18.3 Å². The minimum atomic E-state index is -4.37. The van der Waals surface area contributed by atoms with E-state index in [1.54, 1.807) is 0 Å². The monoisotopic (exact) mass is 430 g/mol. The third-order valence-corrected chi connectivity index (χ3v) is 5.72. The first-order chi connectivity index (χ1) is 14.8. The van der Waals surface area contributed by atoms with Gasteiger partial charge in [0, 0.05) is 30.5 Å². The Morgan fingerprint density at radius 1 is 1.19 bits per heavy atom. The number of alkyl halides is 3. The maximum atomic E-state index is 12.7. The topological polar surface area (TPSA) is 44.7 Å². The van der Waals surface area contributed by atoms with E-state index in [9.17, 15) is 18.3 Å². The van der Waals surface area contributed by atoms with Crippen LogP contribution in [0.1, 0.15) is 17.5 Å². The Morgan fingerprint density at radius 2 is 2.00 bits per heavy atom. The van der Waals surface area contributed by atoms with Crippen LogP contribution in [0.15, 0.2) is 66.4 Å². The zero-order valence-electron chi connectivity index (χ0n) is 17.2. The minimum absolute atomic E-state index is 0.0661. The Balaban J connectivity index is 1.46. The van der Waals surface area contributed by atoms with Crippen LogP contribution in [-0.2, 0) is 11.3 Å². The molecular weight excluding hydrogens is 405 g/mol. The molecule has 2 aromatic rings. The second kappa shape index (κ2) is 8.77. The van der Waals surface area contributed by atoms with E-state index in [2.05, 4.69) is 35.3 Å². The van der Waals surface area contributed by atoms with Crippen molar-refractivity contribution in [1.82, 2.24) is 5.32 Å². The fourth-order valence-electron chi connectivity index (χ4n) is 4.05. The van der Waals surface area contributed by atoms with Crippen LogP contribution in [0.3, 0.4) is 0 Å². The molecule has 7 heteroatoms. The molecule has 0 aliphatic carbocycles. The van der Waals surface area contributed by atoms with Crippen molar-refractivity contribution in [3.8, 4) is 11.1 Å². The Hall–Kier alpha value is -2.77. The number of aliphatic hydroxyl groups is 1. The van der Waals surface area contributed by atoms with Gasteiger partial charge in [0.1, 0.15) is 6.23 Å². The smallest absolute Gasteiger partial charge is 0.392 e. The summed E-state index contributed by atoms with van der Waals surface area (Å²) in [5.74, 6) is 0. The maximum absolute atomic E-state index is 12.7. The highest BCUT2D eigenvalue weighted by Gasteiger charge is 2.34. The van der Waals surface area contributed by atoms with Crippen molar-refractivity contribution in [2.24, 2.45) is 0 Å². The summed E-state index contributed by atoms with van der Waals surface area (Å²) < 4.78 is 44.2. The van der Waals surface area contributed by atoms with Crippen LogP contribution in [0.4, 0.5) is 18.9 Å². The maximum Gasteiger partial charge on any atom is 0.417 e. The number of nitrogens with one attached hydrogen (secondary N) is 1. The third kappa shape index (κ3) is 4.78. The molecular formula is C24H25F3N2O2. The van der Waals surface area contributed by atoms with Gasteiger partial charge in [0.2, 0.25) is 0 Å². The molecule has 2 heterocycles. The van der Waals surface area contributed by atoms with Crippen molar-refractivity contribution in [3.63, 3.8) is 0 Å². The lowest BCUT2D eigenvalue weighted by atomic mass is 9.98. The fraction of sp³-hybridized carbons (Fsp3) is 0.333. The summed E-state index contributed by atoms with van der Waals surface area (Å²) in [5, 5.41) is 12.5. The number of halogens is 3. The Morgan fingerprint density at radius 3 is 2.68 bits per heavy atom. The lowest BCUT2D eigenvalue weighted by Gasteiger charge is -2.25. The fourth-order valence-corrected chi connectivity index (χ4v) is 4.05. The number of hydrogen-bond donors (Lipinski definition) is 2. The van der Waals surface area contributed by atoms with Gasteiger partial charge in [-0.05, 0) is 48.3 Å². The van der Waals surface area contributed by atoms with Gasteiger partial charge in [-0.3, -0.25) is 0 Å². The Kier molecular flexibility index (Phi) is 6.07. The SMILES string of the molecule is Cc1ccccc1-c1ccc(CO)c(N2CC[C@H](OC3C=CC(C(F)(F)F)=CN3)C2)c1. The highest BCUT2D eigenvalue weighted by atomic mass is 19.4. The molecule has 1 fully saturated rings. The molecule has 0 saturated carbocycles. The molecule has 1 unspecified atom stereocenters. The van der Waals surface area contributed by atoms with E-state index in [1.807, 2.05) is 24.3 Å². The molecule has 0 radical (unpaired) electrons. The molecule has 2 aliphatic rings. The van der Waals surface area contributed by atoms with Crippen LogP contribution >= 0.6 is 0 Å². The normalized spacial score (nSPS) is 21.2. The third-order valence-electron chi connectivity index (χ3n) is 5.72. The number of anilines is 1. The average Bonchev–Trinajstić information content (AvgIpc) is 3.22. The summed E-state index contributed by atoms with van der Waals surface area (Å²) in [5.41, 5.74) is 4.47. The number of benzene rings is 2. The summed E-state index contributed by atoms with van der Waals surface area (Å²) in [4.78, 5) is 2.17. The van der Waals surface area contributed by atoms with Crippen LogP contribution in [0.2, 0.25) is 0 Å². The van der Waals surface area contributed by atoms with Crippen molar-refractivity contribution < 1.29 is 23.0 Å². The van der Waals surface area contributed by atoms with Crippen LogP contribution in [0.5, 0.6) is 0 Å². The molecule has 2 aliphatic heterocycles. The predicted molar refractivity (Wildman–Crippen MR) is 114 cm³/mol. The average molecular weight is 430 g/mol. The number of hydrogen-bond acceptors (Lipinski definition) is 4. The predicted octanol–water partition coefficient (Wildman–Crippen LogP) is 4.68. The lowest BCUT2D eigenvalue weighted by molar-refractivity contribution is -0.0896. The van der Waals surface area contributed by atoms with Crippen molar-refractivity contribution >= 4 is 5.69 Å². The van der Waals surface area contributed by atoms with Gasteiger partial charge in [0.15, 0.2) is 0 Å². The second-order valence-electron chi connectivity index (χ2n) is 7.85. The number of aliphatic hydroxyl groups excluding tert-OH is 1. The van der Waals surface area contributed by atoms with E-state index in [4.69, 9.17) is 4.74 Å². The Bertz CT molecular complexity index is 1000. The molecule has 4 nitrogen and oxygen atoms in total. The van der Waals surface area contributed by atoms with Crippen LogP contribution < -0.4 is 10.2 Å². The molecule has 2 N–H and O–H groups in total. The molecule has 0 bridgehead atoms. The van der Waals surface area contributed by atoms with E-state index < -0.39 is 18.0 Å². The van der Waals surface area contributed by atoms with Gasteiger partial charge in [-0.1, -0.05) is 36.4 Å². The first-order valence-corrected chi connectivity index (χ1v) is 10.3. The number of aryl methyl sites for hydroxylation is 1. The zero-order chi connectivity index (χ0) is 22.0. The molecule has 31 heavy (non-hydrogen) atoms. The summed E-state index contributed by atoms with van der Waals surface area (Å²) in [6.07, 6.45) is -0.953. The first kappa shape index (κ1) is 21.5. The van der Waals surface area contributed by atoms with Gasteiger partial charge in [0.25, 0.3) is 0 Å². The van der Waals surface area contributed by atoms with Gasteiger partial charge in [-0.25, -0.2) is 0 Å². The van der Waals surface area contributed by atoms with Crippen molar-refractivity contribution in [2.45, 2.75) is 38.5 Å². The summed E-state index contributed by atoms with van der Waals surface area (Å²) >= 11 is 0. The summed E-state index contributed by atoms with van der Waals surface area (Å²) in [6, 6.07) is 14.2. The highest BCUT2D eigenvalue weighted by molar-refractivity contribution is 5.73. The molecule has 0 amide bonds. The number of nitrogens with zero attached hydrogens (tertiary/aromatic N) is 1. The van der Waals surface area contributed by atoms with Crippen molar-refractivity contribution in [3.05, 3.63) is 77.5 Å². The molecule has 0 aromatic heterocycles. The minimum Gasteiger partial charge on any atom is -0.392 e. The highest BCUT2D eigenvalue weighted by Crippen LogP contribution is 2.33. The summed E-state index contributed by atoms with van der Waals surface area (Å²) in [6.45, 7) is 3.35. The van der Waals surface area contributed by atoms with Gasteiger partial charge in [-0.2, -0.15) is 13.2 Å². The van der Waals surface area contributed by atoms with Gasteiger partial charge < -0.3 is 20.1 Å². The lowest BCUT2D eigenvalue weighted by Crippen LogP contribution is -2.35. The Labute approximate surface area is 179 Å². The van der Waals surface area contributed by atoms with E-state index in [0.717, 1.165) is 47.6 Å². The van der Waals surface area contributed by atoms with Crippen molar-refractivity contribution in [2.75, 3.05) is 18.0 Å². The number of allylic oxidation sites excluding steroid dienone is 2. The number of dihydropyridines is 1. The number of rotatable bonds is 5. The quantitative estimate of drug-likeness (QED) is 0.723. The van der Waals surface area contributed by atoms with Gasteiger partial charge in [-0.15, -0.1) is 0 Å². The van der Waals surface area contributed by atoms with Crippen LogP contribution in [0, 0.1) is 6.92 Å². The summed E-state index contributed by atoms with van der Waals surface area (Å²) in [7, 11) is 0. The second-order valence-corrected chi connectivity index (χ2v) is 7.85. The molecule has 0 spiro atoms. The largest absolute Gasteiger partial charge is 0.417 e. The molecule has 4 rings (SSSR count). The van der Waals surface area contributed by atoms with E-state index in [0.29, 0.717) is 6.54 Å².